The van der Waals surface area contributed by atoms with E-state index in [4.69, 9.17) is 0 Å². The van der Waals surface area contributed by atoms with Crippen LogP contribution in [0.5, 0.6) is 0 Å². The van der Waals surface area contributed by atoms with Crippen molar-refractivity contribution in [3.63, 3.8) is 0 Å². The molecular formula is C26H24NSi. The first-order valence-corrected chi connectivity index (χ1v) is 11.4. The Balaban J connectivity index is 1.73. The van der Waals surface area contributed by atoms with Crippen LogP contribution in [0.15, 0.2) is 102 Å². The molecule has 0 saturated carbocycles. The van der Waals surface area contributed by atoms with Crippen LogP contribution in [0.3, 0.4) is 0 Å². The molecule has 2 heteroatoms. The molecule has 1 radical (unpaired) electrons. The van der Waals surface area contributed by atoms with Crippen molar-refractivity contribution < 1.29 is 0 Å². The van der Waals surface area contributed by atoms with Gasteiger partial charge in [0.1, 0.15) is 0 Å². The van der Waals surface area contributed by atoms with Crippen molar-refractivity contribution >= 4 is 24.9 Å². The molecule has 0 amide bonds. The van der Waals surface area contributed by atoms with Crippen molar-refractivity contribution in [1.29, 1.82) is 0 Å². The van der Waals surface area contributed by atoms with Gasteiger partial charge in [-0.1, -0.05) is 85.0 Å². The number of rotatable bonds is 4. The van der Waals surface area contributed by atoms with E-state index in [0.717, 1.165) is 6.42 Å². The first-order chi connectivity index (χ1) is 13.7. The smallest absolute Gasteiger partial charge is 0.158 e. The van der Waals surface area contributed by atoms with E-state index in [-0.39, 0.29) is 0 Å². The highest BCUT2D eigenvalue weighted by Crippen LogP contribution is 2.38. The molecule has 0 fully saturated rings. The third-order valence-corrected chi connectivity index (χ3v) is 8.84. The maximum Gasteiger partial charge on any atom is 0.158 e. The fourth-order valence-corrected chi connectivity index (χ4v) is 7.87. The second-order valence-electron chi connectivity index (χ2n) is 7.76. The fourth-order valence-electron chi connectivity index (χ4n) is 4.55. The van der Waals surface area contributed by atoms with Crippen LogP contribution >= 0.6 is 0 Å². The van der Waals surface area contributed by atoms with Crippen molar-refractivity contribution in [1.82, 2.24) is 0 Å². The Bertz CT molecular complexity index is 1080. The molecule has 0 N–H and O–H groups in total. The molecule has 5 rings (SSSR count). The number of nitrogens with zero attached hydrogens (tertiary/aromatic N) is 1. The zero-order chi connectivity index (χ0) is 19.1. The van der Waals surface area contributed by atoms with Crippen LogP contribution in [0.1, 0.15) is 11.1 Å². The summed E-state index contributed by atoms with van der Waals surface area (Å²) in [4.78, 5) is 2.26. The summed E-state index contributed by atoms with van der Waals surface area (Å²) in [7, 11) is 3.21. The predicted molar refractivity (Wildman–Crippen MR) is 122 cm³/mol. The molecule has 2 aromatic rings. The van der Waals surface area contributed by atoms with Gasteiger partial charge in [-0.3, -0.25) is 0 Å². The van der Waals surface area contributed by atoms with Crippen LogP contribution in [0.2, 0.25) is 0 Å². The van der Waals surface area contributed by atoms with Crippen LogP contribution in [-0.4, -0.2) is 22.9 Å². The molecule has 137 valence electrons. The molecule has 0 heterocycles. The molecule has 0 saturated heterocycles. The summed E-state index contributed by atoms with van der Waals surface area (Å²) in [6, 6.07) is 17.9. The van der Waals surface area contributed by atoms with Gasteiger partial charge in [-0.05, 0) is 44.8 Å². The van der Waals surface area contributed by atoms with Gasteiger partial charge in [-0.2, -0.15) is 0 Å². The van der Waals surface area contributed by atoms with E-state index in [2.05, 4.69) is 110 Å². The molecule has 1 atom stereocenters. The summed E-state index contributed by atoms with van der Waals surface area (Å²) in [6.45, 7) is 0. The lowest BCUT2D eigenvalue weighted by molar-refractivity contribution is 1.02. The Morgan fingerprint density at radius 1 is 0.893 bits per heavy atom. The molecular weight excluding hydrogens is 354 g/mol. The monoisotopic (exact) mass is 378 g/mol. The molecule has 0 aliphatic heterocycles. The molecule has 3 aliphatic rings. The van der Waals surface area contributed by atoms with Gasteiger partial charge in [0.2, 0.25) is 0 Å². The molecule has 2 aromatic carbocycles. The average Bonchev–Trinajstić information content (AvgIpc) is 3.34. The van der Waals surface area contributed by atoms with Crippen LogP contribution in [-0.2, 0) is 6.42 Å². The van der Waals surface area contributed by atoms with E-state index in [1.807, 2.05) is 0 Å². The summed E-state index contributed by atoms with van der Waals surface area (Å²) in [5.74, 6) is 0.434. The molecule has 1 unspecified atom stereocenters. The maximum atomic E-state index is 2.49. The van der Waals surface area contributed by atoms with Gasteiger partial charge in [-0.15, -0.1) is 0 Å². The standard InChI is InChI=1S/C26H24NSi/c1-27(2)23-13-7-8-14-26(23)28(24-17-15-19-9-3-5-11-21(19)24)25-18-16-20-10-4-6-12-22(20)25/h3-15,17-19H,16H2,1-2H3. The van der Waals surface area contributed by atoms with Gasteiger partial charge in [0.05, 0.1) is 0 Å². The van der Waals surface area contributed by atoms with Gasteiger partial charge in [0, 0.05) is 25.7 Å². The van der Waals surface area contributed by atoms with E-state index in [1.165, 1.54) is 32.8 Å². The van der Waals surface area contributed by atoms with E-state index in [0.29, 0.717) is 5.92 Å². The minimum Gasteiger partial charge on any atom is -0.378 e. The number of para-hydroxylation sites is 1. The second-order valence-corrected chi connectivity index (χ2v) is 10.1. The van der Waals surface area contributed by atoms with Crippen molar-refractivity contribution in [2.45, 2.75) is 6.42 Å². The summed E-state index contributed by atoms with van der Waals surface area (Å²) in [6.07, 6.45) is 17.3. The summed E-state index contributed by atoms with van der Waals surface area (Å²) in [5, 5.41) is 4.56. The Hall–Kier alpha value is -2.84. The quantitative estimate of drug-likeness (QED) is 0.692. The number of fused-ring (bicyclic) bond motifs is 2. The molecule has 3 aliphatic carbocycles. The lowest BCUT2D eigenvalue weighted by Gasteiger charge is -2.26. The largest absolute Gasteiger partial charge is 0.378 e. The first-order valence-electron chi connectivity index (χ1n) is 9.94. The second kappa shape index (κ2) is 6.96. The topological polar surface area (TPSA) is 3.24 Å². The highest BCUT2D eigenvalue weighted by atomic mass is 28.3. The molecule has 0 bridgehead atoms. The third kappa shape index (κ3) is 2.76. The van der Waals surface area contributed by atoms with Crippen molar-refractivity contribution in [3.8, 4) is 0 Å². The molecule has 0 aromatic heterocycles. The van der Waals surface area contributed by atoms with Crippen molar-refractivity contribution in [3.05, 3.63) is 113 Å². The Morgan fingerprint density at radius 2 is 1.71 bits per heavy atom. The Kier molecular flexibility index (Phi) is 4.29. The van der Waals surface area contributed by atoms with E-state index in [9.17, 15) is 0 Å². The van der Waals surface area contributed by atoms with E-state index in [1.54, 1.807) is 5.20 Å². The highest BCUT2D eigenvalue weighted by molar-refractivity contribution is 6.97. The number of allylic oxidation sites excluding steroid dienone is 9. The van der Waals surface area contributed by atoms with E-state index < -0.39 is 8.80 Å². The predicted octanol–water partition coefficient (Wildman–Crippen LogP) is 4.78. The zero-order valence-corrected chi connectivity index (χ0v) is 17.4. The van der Waals surface area contributed by atoms with Crippen molar-refractivity contribution in [2.75, 3.05) is 19.0 Å². The van der Waals surface area contributed by atoms with Crippen LogP contribution < -0.4 is 10.1 Å². The fraction of sp³-hybridized carbons (Fsp3) is 0.154. The molecule has 1 nitrogen and oxygen atoms in total. The zero-order valence-electron chi connectivity index (χ0n) is 16.4. The minimum absolute atomic E-state index is 0.434. The highest BCUT2D eigenvalue weighted by Gasteiger charge is 2.34. The van der Waals surface area contributed by atoms with Gasteiger partial charge < -0.3 is 4.90 Å². The SMILES string of the molecule is CN(C)c1ccccc1[Si](C1=CCc2ccccc21)C1=C2C=CC=CC2C=C1. The summed E-state index contributed by atoms with van der Waals surface area (Å²) in [5.41, 5.74) is 5.73. The minimum atomic E-state index is -1.11. The van der Waals surface area contributed by atoms with Gasteiger partial charge in [0.15, 0.2) is 8.80 Å². The Morgan fingerprint density at radius 3 is 2.61 bits per heavy atom. The lowest BCUT2D eigenvalue weighted by Crippen LogP contribution is -2.37. The van der Waals surface area contributed by atoms with Gasteiger partial charge in [-0.25, -0.2) is 0 Å². The van der Waals surface area contributed by atoms with Gasteiger partial charge >= 0.3 is 0 Å². The van der Waals surface area contributed by atoms with Crippen LogP contribution in [0.4, 0.5) is 5.69 Å². The van der Waals surface area contributed by atoms with Crippen LogP contribution in [0.25, 0.3) is 5.20 Å². The maximum absolute atomic E-state index is 2.49. The number of anilines is 1. The number of hydrogen-bond acceptors (Lipinski definition) is 1. The summed E-state index contributed by atoms with van der Waals surface area (Å²) >= 11 is 0. The van der Waals surface area contributed by atoms with E-state index >= 15 is 0 Å². The lowest BCUT2D eigenvalue weighted by atomic mass is 9.98. The number of benzene rings is 2. The van der Waals surface area contributed by atoms with Crippen LogP contribution in [0, 0.1) is 5.92 Å². The number of hydrogen-bond donors (Lipinski definition) is 0. The normalized spacial score (nSPS) is 19.2. The average molecular weight is 379 g/mol. The van der Waals surface area contributed by atoms with Crippen molar-refractivity contribution in [2.24, 2.45) is 5.92 Å². The first kappa shape index (κ1) is 17.3. The third-order valence-electron chi connectivity index (χ3n) is 5.87. The van der Waals surface area contributed by atoms with Gasteiger partial charge in [0.25, 0.3) is 0 Å². The summed E-state index contributed by atoms with van der Waals surface area (Å²) < 4.78 is 0. The molecule has 28 heavy (non-hydrogen) atoms. The molecule has 0 spiro atoms. The Labute approximate surface area is 169 Å².